The maximum absolute atomic E-state index is 6.42. The molecule has 0 spiro atoms. The maximum Gasteiger partial charge on any atom is 0.292 e. The van der Waals surface area contributed by atoms with Gasteiger partial charge in [-0.05, 0) is 63.3 Å². The molecule has 4 nitrogen and oxygen atoms in total. The highest BCUT2D eigenvalue weighted by molar-refractivity contribution is 5.51. The molecule has 3 aliphatic rings. The lowest BCUT2D eigenvalue weighted by Crippen LogP contribution is -2.39. The van der Waals surface area contributed by atoms with Crippen molar-refractivity contribution in [1.82, 2.24) is 9.88 Å². The molecule has 2 saturated heterocycles. The van der Waals surface area contributed by atoms with E-state index in [1.54, 1.807) is 0 Å². The van der Waals surface area contributed by atoms with Crippen molar-refractivity contribution in [2.45, 2.75) is 63.3 Å². The first-order valence-electron chi connectivity index (χ1n) is 9.69. The molecule has 26 heavy (non-hydrogen) atoms. The molecule has 4 heteroatoms. The topological polar surface area (TPSA) is 34.6 Å². The summed E-state index contributed by atoms with van der Waals surface area (Å²) in [7, 11) is 2.29. The van der Waals surface area contributed by atoms with E-state index in [0.717, 1.165) is 22.8 Å². The van der Waals surface area contributed by atoms with E-state index >= 15 is 0 Å². The molecule has 0 amide bonds. The maximum atomic E-state index is 6.42. The molecule has 1 aromatic heterocycles. The van der Waals surface area contributed by atoms with Gasteiger partial charge in [-0.25, -0.2) is 0 Å². The number of pyridine rings is 1. The summed E-state index contributed by atoms with van der Waals surface area (Å²) in [6.07, 6.45) is 6.95. The van der Waals surface area contributed by atoms with Gasteiger partial charge in [0, 0.05) is 30.8 Å². The Bertz CT molecular complexity index is 821. The quantitative estimate of drug-likeness (QED) is 0.805. The molecule has 3 unspecified atom stereocenters. The van der Waals surface area contributed by atoms with Crippen molar-refractivity contribution in [3.63, 3.8) is 0 Å². The summed E-state index contributed by atoms with van der Waals surface area (Å²) in [5.74, 6) is 1.47. The minimum absolute atomic E-state index is 0.551. The number of hydrogen-bond donors (Lipinski definition) is 0. The first-order chi connectivity index (χ1) is 12.5. The van der Waals surface area contributed by atoms with E-state index in [4.69, 9.17) is 9.47 Å². The zero-order valence-electron chi connectivity index (χ0n) is 15.7. The van der Waals surface area contributed by atoms with Gasteiger partial charge >= 0.3 is 0 Å². The number of para-hydroxylation sites is 1. The van der Waals surface area contributed by atoms with Crippen molar-refractivity contribution in [3.8, 4) is 11.5 Å². The fourth-order valence-electron chi connectivity index (χ4n) is 4.98. The number of piperidine rings is 1. The highest BCUT2D eigenvalue weighted by Crippen LogP contribution is 2.51. The molecule has 0 N–H and O–H groups in total. The summed E-state index contributed by atoms with van der Waals surface area (Å²) in [4.78, 5) is 7.13. The Morgan fingerprint density at radius 1 is 1.08 bits per heavy atom. The average molecular weight is 350 g/mol. The van der Waals surface area contributed by atoms with Crippen molar-refractivity contribution in [2.75, 3.05) is 7.05 Å². The molecule has 3 aliphatic heterocycles. The van der Waals surface area contributed by atoms with Crippen LogP contribution in [-0.4, -0.2) is 29.0 Å². The van der Waals surface area contributed by atoms with E-state index in [1.165, 1.54) is 31.2 Å². The number of benzene rings is 1. The smallest absolute Gasteiger partial charge is 0.292 e. The van der Waals surface area contributed by atoms with Gasteiger partial charge in [-0.1, -0.05) is 18.2 Å². The van der Waals surface area contributed by atoms with Crippen LogP contribution < -0.4 is 9.47 Å². The molecule has 0 aliphatic carbocycles. The third-order valence-corrected chi connectivity index (χ3v) is 6.53. The molecular formula is C22H26N2O2. The summed E-state index contributed by atoms with van der Waals surface area (Å²) in [6.45, 7) is 4.00. The van der Waals surface area contributed by atoms with Crippen LogP contribution >= 0.6 is 0 Å². The molecule has 3 atom stereocenters. The summed E-state index contributed by atoms with van der Waals surface area (Å²) < 4.78 is 12.7. The Balaban J connectivity index is 1.47. The Morgan fingerprint density at radius 3 is 2.54 bits per heavy atom. The van der Waals surface area contributed by atoms with Gasteiger partial charge in [-0.3, -0.25) is 4.98 Å². The summed E-state index contributed by atoms with van der Waals surface area (Å²) in [6, 6.07) is 11.8. The van der Waals surface area contributed by atoms with Crippen LogP contribution in [0.3, 0.4) is 0 Å². The van der Waals surface area contributed by atoms with Crippen LogP contribution in [0.25, 0.3) is 0 Å². The fraction of sp³-hybridized carbons (Fsp3) is 0.500. The molecule has 136 valence electrons. The van der Waals surface area contributed by atoms with Gasteiger partial charge in [0.25, 0.3) is 5.79 Å². The summed E-state index contributed by atoms with van der Waals surface area (Å²) in [5, 5.41) is 0. The summed E-state index contributed by atoms with van der Waals surface area (Å²) >= 11 is 0. The second-order valence-electron chi connectivity index (χ2n) is 8.26. The van der Waals surface area contributed by atoms with Crippen molar-refractivity contribution >= 4 is 0 Å². The number of aryl methyl sites for hydroxylation is 1. The van der Waals surface area contributed by atoms with E-state index in [9.17, 15) is 0 Å². The zero-order chi connectivity index (χ0) is 17.9. The predicted molar refractivity (Wildman–Crippen MR) is 101 cm³/mol. The first kappa shape index (κ1) is 16.1. The standard InChI is InChI=1S/C22H26N2O2/c1-14-7-10-20(23-13-14)22(2)25-19-6-4-5-18(21(19)26-22)15-11-16-8-9-17(12-15)24(16)3/h4-7,10,13,15-17H,8-9,11-12H2,1-3H3. The molecule has 2 fully saturated rings. The van der Waals surface area contributed by atoms with Crippen LogP contribution in [0, 0.1) is 6.92 Å². The van der Waals surface area contributed by atoms with Gasteiger partial charge < -0.3 is 14.4 Å². The van der Waals surface area contributed by atoms with Crippen LogP contribution in [-0.2, 0) is 5.79 Å². The Kier molecular flexibility index (Phi) is 3.54. The van der Waals surface area contributed by atoms with Gasteiger partial charge in [0.15, 0.2) is 11.5 Å². The first-order valence-corrected chi connectivity index (χ1v) is 9.69. The van der Waals surface area contributed by atoms with E-state index in [1.807, 2.05) is 32.2 Å². The minimum Gasteiger partial charge on any atom is -0.443 e. The number of rotatable bonds is 2. The molecule has 1 aromatic carbocycles. The van der Waals surface area contributed by atoms with Crippen LogP contribution in [0.5, 0.6) is 11.5 Å². The number of ether oxygens (including phenoxy) is 2. The van der Waals surface area contributed by atoms with Crippen molar-refractivity contribution in [2.24, 2.45) is 0 Å². The van der Waals surface area contributed by atoms with E-state index in [2.05, 4.69) is 35.1 Å². The highest BCUT2D eigenvalue weighted by atomic mass is 16.7. The lowest BCUT2D eigenvalue weighted by atomic mass is 9.85. The number of hydrogen-bond acceptors (Lipinski definition) is 4. The fourth-order valence-corrected chi connectivity index (χ4v) is 4.98. The Morgan fingerprint density at radius 2 is 1.85 bits per heavy atom. The SMILES string of the molecule is Cc1ccc(C2(C)Oc3cccc(C4CC5CCC(C4)N5C)c3O2)nc1. The van der Waals surface area contributed by atoms with Crippen LogP contribution in [0.1, 0.15) is 55.3 Å². The van der Waals surface area contributed by atoms with Crippen molar-refractivity contribution < 1.29 is 9.47 Å². The second kappa shape index (κ2) is 5.71. The number of nitrogens with zero attached hydrogens (tertiary/aromatic N) is 2. The van der Waals surface area contributed by atoms with E-state index in [-0.39, 0.29) is 0 Å². The van der Waals surface area contributed by atoms with Crippen LogP contribution in [0.4, 0.5) is 0 Å². The van der Waals surface area contributed by atoms with Gasteiger partial charge in [-0.15, -0.1) is 0 Å². The minimum atomic E-state index is -0.851. The lowest BCUT2D eigenvalue weighted by molar-refractivity contribution is -0.0722. The molecule has 5 rings (SSSR count). The van der Waals surface area contributed by atoms with Gasteiger partial charge in [0.05, 0.1) is 0 Å². The van der Waals surface area contributed by atoms with Gasteiger partial charge in [0.2, 0.25) is 0 Å². The third-order valence-electron chi connectivity index (χ3n) is 6.53. The van der Waals surface area contributed by atoms with Crippen LogP contribution in [0.2, 0.25) is 0 Å². The normalized spacial score (nSPS) is 32.8. The molecule has 4 heterocycles. The number of aromatic nitrogens is 1. The highest BCUT2D eigenvalue weighted by Gasteiger charge is 2.44. The molecule has 2 aromatic rings. The van der Waals surface area contributed by atoms with Gasteiger partial charge in [0.1, 0.15) is 5.69 Å². The largest absolute Gasteiger partial charge is 0.443 e. The Hall–Kier alpha value is -2.07. The summed E-state index contributed by atoms with van der Waals surface area (Å²) in [5.41, 5.74) is 3.26. The molecule has 0 radical (unpaired) electrons. The average Bonchev–Trinajstić information content (AvgIpc) is 3.06. The second-order valence-corrected chi connectivity index (χ2v) is 8.26. The van der Waals surface area contributed by atoms with Crippen molar-refractivity contribution in [3.05, 3.63) is 53.3 Å². The molecular weight excluding hydrogens is 324 g/mol. The van der Waals surface area contributed by atoms with Gasteiger partial charge in [-0.2, -0.15) is 0 Å². The third kappa shape index (κ3) is 2.43. The Labute approximate surface area is 155 Å². The lowest BCUT2D eigenvalue weighted by Gasteiger charge is -2.36. The van der Waals surface area contributed by atoms with E-state index < -0.39 is 5.79 Å². The van der Waals surface area contributed by atoms with Crippen molar-refractivity contribution in [1.29, 1.82) is 0 Å². The molecule has 0 saturated carbocycles. The predicted octanol–water partition coefficient (Wildman–Crippen LogP) is 4.37. The van der Waals surface area contributed by atoms with Crippen LogP contribution in [0.15, 0.2) is 36.5 Å². The monoisotopic (exact) mass is 350 g/mol. The number of fused-ring (bicyclic) bond motifs is 3. The molecule has 2 bridgehead atoms. The zero-order valence-corrected chi connectivity index (χ0v) is 15.7. The van der Waals surface area contributed by atoms with E-state index in [0.29, 0.717) is 18.0 Å².